The van der Waals surface area contributed by atoms with Crippen molar-refractivity contribution in [3.63, 3.8) is 0 Å². The average molecular weight is 429 g/mol. The molecule has 0 saturated carbocycles. The third-order valence-electron chi connectivity index (χ3n) is 4.44. The van der Waals surface area contributed by atoms with Crippen LogP contribution in [0.5, 0.6) is 5.75 Å². The van der Waals surface area contributed by atoms with Crippen LogP contribution in [0.25, 0.3) is 10.2 Å². The second-order valence-electron chi connectivity index (χ2n) is 6.95. The number of hydrogen-bond donors (Lipinski definition) is 0. The van der Waals surface area contributed by atoms with E-state index in [-0.39, 0.29) is 17.2 Å². The van der Waals surface area contributed by atoms with E-state index in [1.54, 1.807) is 11.0 Å². The van der Waals surface area contributed by atoms with Crippen molar-refractivity contribution in [1.29, 1.82) is 0 Å². The van der Waals surface area contributed by atoms with Crippen LogP contribution in [-0.2, 0) is 0 Å². The Morgan fingerprint density at radius 1 is 1.20 bits per heavy atom. The number of hydrogen-bond acceptors (Lipinski definition) is 7. The number of nitro groups is 1. The second kappa shape index (κ2) is 9.64. The van der Waals surface area contributed by atoms with Gasteiger partial charge >= 0.3 is 0 Å². The Kier molecular flexibility index (Phi) is 6.96. The number of benzene rings is 2. The van der Waals surface area contributed by atoms with Gasteiger partial charge in [-0.15, -0.1) is 0 Å². The molecule has 0 unspecified atom stereocenters. The van der Waals surface area contributed by atoms with Crippen LogP contribution >= 0.6 is 11.3 Å². The number of anilines is 1. The van der Waals surface area contributed by atoms with Crippen LogP contribution in [0.1, 0.15) is 23.7 Å². The van der Waals surface area contributed by atoms with E-state index in [1.807, 2.05) is 44.1 Å². The Hall–Kier alpha value is -3.04. The van der Waals surface area contributed by atoms with E-state index in [0.717, 1.165) is 17.7 Å². The molecule has 0 saturated heterocycles. The summed E-state index contributed by atoms with van der Waals surface area (Å²) in [7, 11) is 3.94. The molecule has 0 aliphatic heterocycles. The van der Waals surface area contributed by atoms with Crippen molar-refractivity contribution in [3.8, 4) is 5.75 Å². The van der Waals surface area contributed by atoms with Gasteiger partial charge in [0.2, 0.25) is 0 Å². The molecule has 0 aliphatic carbocycles. The number of nitrogens with zero attached hydrogens (tertiary/aromatic N) is 4. The lowest BCUT2D eigenvalue weighted by molar-refractivity contribution is -0.384. The zero-order valence-corrected chi connectivity index (χ0v) is 18.0. The van der Waals surface area contributed by atoms with E-state index in [1.165, 1.54) is 29.5 Å². The highest BCUT2D eigenvalue weighted by Gasteiger charge is 2.23. The highest BCUT2D eigenvalue weighted by molar-refractivity contribution is 7.22. The quantitative estimate of drug-likeness (QED) is 0.375. The highest BCUT2D eigenvalue weighted by Crippen LogP contribution is 2.35. The molecule has 30 heavy (non-hydrogen) atoms. The number of carbonyl (C=O) groups is 1. The normalized spacial score (nSPS) is 11.1. The number of aromatic nitrogens is 1. The number of amides is 1. The van der Waals surface area contributed by atoms with Gasteiger partial charge in [0.25, 0.3) is 11.6 Å². The van der Waals surface area contributed by atoms with Crippen molar-refractivity contribution in [2.24, 2.45) is 0 Å². The van der Waals surface area contributed by atoms with Crippen molar-refractivity contribution in [3.05, 3.63) is 58.1 Å². The van der Waals surface area contributed by atoms with Gasteiger partial charge in [-0.2, -0.15) is 0 Å². The first-order valence-electron chi connectivity index (χ1n) is 9.64. The zero-order chi connectivity index (χ0) is 21.7. The molecular formula is C21H24N4O4S. The molecule has 0 spiro atoms. The summed E-state index contributed by atoms with van der Waals surface area (Å²) in [6, 6.07) is 11.5. The fraction of sp³-hybridized carbons (Fsp3) is 0.333. The zero-order valence-electron chi connectivity index (χ0n) is 17.2. The number of para-hydroxylation sites is 1. The number of non-ortho nitro benzene ring substituents is 1. The molecule has 1 aromatic heterocycles. The minimum atomic E-state index is -0.501. The standard InChI is InChI=1S/C21H24N4O4S/c1-4-29-17-10-6-11-18-19(17)22-21(30-18)24(13-7-12-23(2)3)20(26)15-8-5-9-16(14-15)25(27)28/h5-6,8-11,14H,4,7,12-13H2,1-3H3. The molecule has 3 rings (SSSR count). The number of thiazole rings is 1. The van der Waals surface area contributed by atoms with Crippen LogP contribution in [0.3, 0.4) is 0 Å². The van der Waals surface area contributed by atoms with Crippen molar-refractivity contribution >= 4 is 38.3 Å². The smallest absolute Gasteiger partial charge is 0.270 e. The lowest BCUT2D eigenvalue weighted by Gasteiger charge is -2.21. The Morgan fingerprint density at radius 2 is 1.97 bits per heavy atom. The van der Waals surface area contributed by atoms with Crippen molar-refractivity contribution < 1.29 is 14.5 Å². The molecule has 158 valence electrons. The van der Waals surface area contributed by atoms with Gasteiger partial charge in [0, 0.05) is 24.2 Å². The maximum atomic E-state index is 13.3. The van der Waals surface area contributed by atoms with Gasteiger partial charge < -0.3 is 9.64 Å². The molecular weight excluding hydrogens is 404 g/mol. The summed E-state index contributed by atoms with van der Waals surface area (Å²) in [5.41, 5.74) is 0.860. The maximum Gasteiger partial charge on any atom is 0.270 e. The molecule has 1 heterocycles. The summed E-state index contributed by atoms with van der Waals surface area (Å²) in [6.07, 6.45) is 0.738. The Labute approximate surface area is 178 Å². The number of nitro benzene ring substituents is 1. The monoisotopic (exact) mass is 428 g/mol. The predicted molar refractivity (Wildman–Crippen MR) is 119 cm³/mol. The molecule has 0 atom stereocenters. The average Bonchev–Trinajstić information content (AvgIpc) is 3.16. The summed E-state index contributed by atoms with van der Waals surface area (Å²) in [5, 5.41) is 11.7. The van der Waals surface area contributed by atoms with Crippen molar-refractivity contribution in [1.82, 2.24) is 9.88 Å². The van der Waals surface area contributed by atoms with Crippen LogP contribution in [0, 0.1) is 10.1 Å². The van der Waals surface area contributed by atoms with E-state index in [4.69, 9.17) is 4.74 Å². The van der Waals surface area contributed by atoms with Crippen LogP contribution in [-0.4, -0.2) is 54.5 Å². The first kappa shape index (κ1) is 21.7. The molecule has 1 amide bonds. The van der Waals surface area contributed by atoms with Crippen LogP contribution < -0.4 is 9.64 Å². The van der Waals surface area contributed by atoms with E-state index in [2.05, 4.69) is 4.98 Å². The molecule has 0 N–H and O–H groups in total. The lowest BCUT2D eigenvalue weighted by Crippen LogP contribution is -2.33. The third-order valence-corrected chi connectivity index (χ3v) is 5.48. The Bertz CT molecular complexity index is 1050. The van der Waals surface area contributed by atoms with E-state index in [9.17, 15) is 14.9 Å². The molecule has 0 radical (unpaired) electrons. The van der Waals surface area contributed by atoms with Crippen LogP contribution in [0.4, 0.5) is 10.8 Å². The predicted octanol–water partition coefficient (Wildman–Crippen LogP) is 4.20. The molecule has 0 bridgehead atoms. The van der Waals surface area contributed by atoms with Gasteiger partial charge in [-0.1, -0.05) is 23.5 Å². The van der Waals surface area contributed by atoms with Gasteiger partial charge in [0.1, 0.15) is 11.3 Å². The molecule has 2 aromatic carbocycles. The summed E-state index contributed by atoms with van der Waals surface area (Å²) in [6.45, 7) is 3.67. The minimum Gasteiger partial charge on any atom is -0.492 e. The Balaban J connectivity index is 1.99. The third kappa shape index (κ3) is 4.92. The van der Waals surface area contributed by atoms with Gasteiger partial charge in [-0.3, -0.25) is 19.8 Å². The van der Waals surface area contributed by atoms with E-state index >= 15 is 0 Å². The maximum absolute atomic E-state index is 13.3. The first-order valence-corrected chi connectivity index (χ1v) is 10.5. The van der Waals surface area contributed by atoms with Gasteiger partial charge in [0.15, 0.2) is 5.13 Å². The fourth-order valence-electron chi connectivity index (χ4n) is 3.04. The molecule has 9 heteroatoms. The fourth-order valence-corrected chi connectivity index (χ4v) is 4.04. The highest BCUT2D eigenvalue weighted by atomic mass is 32.1. The van der Waals surface area contributed by atoms with E-state index in [0.29, 0.717) is 29.5 Å². The molecule has 8 nitrogen and oxygen atoms in total. The second-order valence-corrected chi connectivity index (χ2v) is 7.96. The summed E-state index contributed by atoms with van der Waals surface area (Å²) < 4.78 is 6.59. The number of carbonyl (C=O) groups excluding carboxylic acids is 1. The van der Waals surface area contributed by atoms with Crippen molar-refractivity contribution in [2.45, 2.75) is 13.3 Å². The Morgan fingerprint density at radius 3 is 2.67 bits per heavy atom. The summed E-state index contributed by atoms with van der Waals surface area (Å²) in [4.78, 5) is 32.3. The molecule has 0 aliphatic rings. The van der Waals surface area contributed by atoms with Crippen LogP contribution in [0.2, 0.25) is 0 Å². The van der Waals surface area contributed by atoms with Gasteiger partial charge in [-0.05, 0) is 52.2 Å². The SMILES string of the molecule is CCOc1cccc2sc(N(CCCN(C)C)C(=O)c3cccc([N+](=O)[O-])c3)nc12. The first-order chi connectivity index (χ1) is 14.4. The number of fused-ring (bicyclic) bond motifs is 1. The molecule has 0 fully saturated rings. The summed E-state index contributed by atoms with van der Waals surface area (Å²) >= 11 is 1.40. The van der Waals surface area contributed by atoms with Gasteiger partial charge in [0.05, 0.1) is 16.2 Å². The summed E-state index contributed by atoms with van der Waals surface area (Å²) in [5.74, 6) is 0.364. The van der Waals surface area contributed by atoms with Crippen LogP contribution in [0.15, 0.2) is 42.5 Å². The largest absolute Gasteiger partial charge is 0.492 e. The van der Waals surface area contributed by atoms with E-state index < -0.39 is 4.92 Å². The number of ether oxygens (including phenoxy) is 1. The lowest BCUT2D eigenvalue weighted by atomic mass is 10.1. The van der Waals surface area contributed by atoms with Crippen molar-refractivity contribution in [2.75, 3.05) is 38.7 Å². The van der Waals surface area contributed by atoms with Gasteiger partial charge in [-0.25, -0.2) is 4.98 Å². The molecule has 3 aromatic rings. The topological polar surface area (TPSA) is 88.8 Å². The number of rotatable bonds is 9. The minimum absolute atomic E-state index is 0.114.